The average molecular weight is 327 g/mol. The van der Waals surface area contributed by atoms with Crippen LogP contribution in [0.15, 0.2) is 23.1 Å². The third-order valence-electron chi connectivity index (χ3n) is 2.86. The summed E-state index contributed by atoms with van der Waals surface area (Å²) in [4.78, 5) is 13.3. The molecule has 21 heavy (non-hydrogen) atoms. The quantitative estimate of drug-likeness (QED) is 0.383. The van der Waals surface area contributed by atoms with Crippen molar-refractivity contribution in [3.8, 4) is 0 Å². The van der Waals surface area contributed by atoms with E-state index in [1.165, 1.54) is 0 Å². The molecule has 0 fully saturated rings. The number of carbonyl (C=O) groups excluding carboxylic acids is 1. The van der Waals surface area contributed by atoms with Gasteiger partial charge in [0.15, 0.2) is 0 Å². The van der Waals surface area contributed by atoms with Crippen LogP contribution in [0.3, 0.4) is 0 Å². The number of thiocarbonyl (C=S) groups is 1. The van der Waals surface area contributed by atoms with Crippen LogP contribution in [0, 0.1) is 0 Å². The lowest BCUT2D eigenvalue weighted by atomic mass is 10.1. The minimum atomic E-state index is -0.396. The van der Waals surface area contributed by atoms with Crippen molar-refractivity contribution in [2.24, 2.45) is 5.73 Å². The second kappa shape index (κ2) is 8.86. The molecular weight excluding hydrogens is 306 g/mol. The fourth-order valence-electron chi connectivity index (χ4n) is 1.80. The molecule has 0 saturated carbocycles. The fraction of sp³-hybridized carbons (Fsp3) is 0.429. The van der Waals surface area contributed by atoms with Gasteiger partial charge in [-0.2, -0.15) is 0 Å². The maximum atomic E-state index is 12.0. The monoisotopic (exact) mass is 327 g/mol. The van der Waals surface area contributed by atoms with Crippen molar-refractivity contribution < 1.29 is 9.53 Å². The molecule has 0 aliphatic rings. The molecule has 1 amide bonds. The van der Waals surface area contributed by atoms with Gasteiger partial charge in [0, 0.05) is 29.8 Å². The van der Waals surface area contributed by atoms with Gasteiger partial charge in [-0.3, -0.25) is 4.79 Å². The van der Waals surface area contributed by atoms with E-state index < -0.39 is 6.04 Å². The molecule has 116 valence electrons. The summed E-state index contributed by atoms with van der Waals surface area (Å²) in [7, 11) is 1.59. The van der Waals surface area contributed by atoms with E-state index >= 15 is 0 Å². The Hall–Kier alpha value is -1.31. The third kappa shape index (κ3) is 5.18. The Morgan fingerprint density at radius 1 is 1.52 bits per heavy atom. The highest BCUT2D eigenvalue weighted by Gasteiger charge is 2.16. The molecular formula is C14H21N3O2S2. The first-order chi connectivity index (χ1) is 10.0. The molecule has 0 heterocycles. The molecule has 4 N–H and O–H groups in total. The molecule has 0 aliphatic carbocycles. The van der Waals surface area contributed by atoms with Crippen molar-refractivity contribution in [1.29, 1.82) is 0 Å². The van der Waals surface area contributed by atoms with Crippen LogP contribution in [0.4, 0.5) is 5.69 Å². The first-order valence-corrected chi connectivity index (χ1v) is 8.14. The minimum Gasteiger partial charge on any atom is -0.389 e. The van der Waals surface area contributed by atoms with Gasteiger partial charge in [0.2, 0.25) is 5.91 Å². The zero-order chi connectivity index (χ0) is 15.8. The maximum Gasteiger partial charge on any atom is 0.242 e. The standard InChI is InChI=1S/C14H21N3O2S2/c1-9(14(18)16-7-8-19-2)17-10-5-4-6-11(21-3)12(10)13(15)20/h4-6,9,17H,7-8H2,1-3H3,(H2,15,20)(H,16,18). The predicted octanol–water partition coefficient (Wildman–Crippen LogP) is 1.61. The SMILES string of the molecule is COCCNC(=O)C(C)Nc1cccc(SC)c1C(N)=S. The smallest absolute Gasteiger partial charge is 0.242 e. The van der Waals surface area contributed by atoms with E-state index in [1.807, 2.05) is 24.5 Å². The Morgan fingerprint density at radius 3 is 2.81 bits per heavy atom. The largest absolute Gasteiger partial charge is 0.389 e. The van der Waals surface area contributed by atoms with Crippen molar-refractivity contribution >= 4 is 40.6 Å². The first-order valence-electron chi connectivity index (χ1n) is 6.51. The van der Waals surface area contributed by atoms with Crippen LogP contribution < -0.4 is 16.4 Å². The molecule has 0 aliphatic heterocycles. The van der Waals surface area contributed by atoms with Gasteiger partial charge >= 0.3 is 0 Å². The van der Waals surface area contributed by atoms with Crippen LogP contribution in [0.25, 0.3) is 0 Å². The van der Waals surface area contributed by atoms with Gasteiger partial charge in [0.25, 0.3) is 0 Å². The lowest BCUT2D eigenvalue weighted by Gasteiger charge is -2.19. The highest BCUT2D eigenvalue weighted by molar-refractivity contribution is 7.98. The number of nitrogens with one attached hydrogen (secondary N) is 2. The Kier molecular flexibility index (Phi) is 7.49. The number of hydrogen-bond donors (Lipinski definition) is 3. The maximum absolute atomic E-state index is 12.0. The second-order valence-corrected chi connectivity index (χ2v) is 5.68. The van der Waals surface area contributed by atoms with Crippen molar-refractivity contribution in [2.75, 3.05) is 31.8 Å². The number of hydrogen-bond acceptors (Lipinski definition) is 5. The summed E-state index contributed by atoms with van der Waals surface area (Å²) in [5, 5.41) is 5.94. The Morgan fingerprint density at radius 2 is 2.24 bits per heavy atom. The summed E-state index contributed by atoms with van der Waals surface area (Å²) in [6.45, 7) is 2.75. The summed E-state index contributed by atoms with van der Waals surface area (Å²) in [5.74, 6) is -0.101. The molecule has 5 nitrogen and oxygen atoms in total. The molecule has 0 radical (unpaired) electrons. The number of benzene rings is 1. The Labute approximate surface area is 135 Å². The van der Waals surface area contributed by atoms with Gasteiger partial charge < -0.3 is 21.1 Å². The van der Waals surface area contributed by atoms with Gasteiger partial charge in [0.05, 0.1) is 6.61 Å². The molecule has 1 unspecified atom stereocenters. The highest BCUT2D eigenvalue weighted by Crippen LogP contribution is 2.27. The average Bonchev–Trinajstić information content (AvgIpc) is 2.46. The molecule has 7 heteroatoms. The van der Waals surface area contributed by atoms with Crippen LogP contribution >= 0.6 is 24.0 Å². The van der Waals surface area contributed by atoms with E-state index in [1.54, 1.807) is 25.8 Å². The van der Waals surface area contributed by atoms with E-state index in [9.17, 15) is 4.79 Å². The number of nitrogens with two attached hydrogens (primary N) is 1. The lowest BCUT2D eigenvalue weighted by molar-refractivity contribution is -0.121. The number of thioether (sulfide) groups is 1. The molecule has 1 aromatic carbocycles. The van der Waals surface area contributed by atoms with Crippen molar-refractivity contribution in [3.05, 3.63) is 23.8 Å². The summed E-state index contributed by atoms with van der Waals surface area (Å²) in [6.07, 6.45) is 1.96. The zero-order valence-electron chi connectivity index (χ0n) is 12.4. The van der Waals surface area contributed by atoms with E-state index in [4.69, 9.17) is 22.7 Å². The van der Waals surface area contributed by atoms with Crippen molar-refractivity contribution in [3.63, 3.8) is 0 Å². The van der Waals surface area contributed by atoms with E-state index in [0.717, 1.165) is 16.1 Å². The van der Waals surface area contributed by atoms with E-state index in [2.05, 4.69) is 10.6 Å². The van der Waals surface area contributed by atoms with Gasteiger partial charge in [0.1, 0.15) is 11.0 Å². The van der Waals surface area contributed by atoms with Crippen LogP contribution in [0.1, 0.15) is 12.5 Å². The van der Waals surface area contributed by atoms with Crippen LogP contribution in [0.5, 0.6) is 0 Å². The first kappa shape index (κ1) is 17.7. The minimum absolute atomic E-state index is 0.101. The number of carbonyl (C=O) groups is 1. The number of ether oxygens (including phenoxy) is 1. The third-order valence-corrected chi connectivity index (χ3v) is 3.85. The summed E-state index contributed by atoms with van der Waals surface area (Å²) >= 11 is 6.68. The molecule has 0 spiro atoms. The number of anilines is 1. The van der Waals surface area contributed by atoms with E-state index in [-0.39, 0.29) is 5.91 Å². The molecule has 0 saturated heterocycles. The van der Waals surface area contributed by atoms with Gasteiger partial charge in [-0.15, -0.1) is 11.8 Å². The summed E-state index contributed by atoms with van der Waals surface area (Å²) in [5.41, 5.74) is 7.34. The Bertz CT molecular complexity index is 509. The van der Waals surface area contributed by atoms with Gasteiger partial charge in [-0.1, -0.05) is 18.3 Å². The lowest BCUT2D eigenvalue weighted by Crippen LogP contribution is -2.39. The van der Waals surface area contributed by atoms with E-state index in [0.29, 0.717) is 18.1 Å². The van der Waals surface area contributed by atoms with Crippen LogP contribution in [-0.2, 0) is 9.53 Å². The van der Waals surface area contributed by atoms with Crippen molar-refractivity contribution in [2.45, 2.75) is 17.9 Å². The number of amides is 1. The van der Waals surface area contributed by atoms with Gasteiger partial charge in [-0.25, -0.2) is 0 Å². The van der Waals surface area contributed by atoms with Crippen molar-refractivity contribution in [1.82, 2.24) is 5.32 Å². The topological polar surface area (TPSA) is 76.4 Å². The highest BCUT2D eigenvalue weighted by atomic mass is 32.2. The molecule has 1 rings (SSSR count). The normalized spacial score (nSPS) is 11.8. The van der Waals surface area contributed by atoms with Crippen LogP contribution in [0.2, 0.25) is 0 Å². The number of rotatable bonds is 8. The molecule has 0 aromatic heterocycles. The Balaban J connectivity index is 2.82. The molecule has 0 bridgehead atoms. The molecule has 1 atom stereocenters. The second-order valence-electron chi connectivity index (χ2n) is 4.40. The molecule has 1 aromatic rings. The predicted molar refractivity (Wildman–Crippen MR) is 92.1 cm³/mol. The zero-order valence-corrected chi connectivity index (χ0v) is 14.1. The van der Waals surface area contributed by atoms with Gasteiger partial charge in [-0.05, 0) is 25.3 Å². The fourth-order valence-corrected chi connectivity index (χ4v) is 2.73. The summed E-state index contributed by atoms with van der Waals surface area (Å²) in [6, 6.07) is 5.33. The van der Waals surface area contributed by atoms with Crippen LogP contribution in [-0.4, -0.2) is 43.5 Å². The summed E-state index contributed by atoms with van der Waals surface area (Å²) < 4.78 is 4.90. The number of methoxy groups -OCH3 is 1.